The lowest BCUT2D eigenvalue weighted by atomic mass is 9.97. The Morgan fingerprint density at radius 1 is 1.43 bits per heavy atom. The Bertz CT molecular complexity index is 351. The number of piperidine rings is 1. The Hall–Kier alpha value is -0.790. The van der Waals surface area contributed by atoms with Crippen molar-refractivity contribution in [2.45, 2.75) is 33.1 Å². The first-order valence-corrected chi connectivity index (χ1v) is 7.45. The van der Waals surface area contributed by atoms with Crippen molar-refractivity contribution in [1.29, 1.82) is 0 Å². The lowest BCUT2D eigenvalue weighted by Gasteiger charge is -2.33. The molecule has 0 aromatic heterocycles. The van der Waals surface area contributed by atoms with Gasteiger partial charge in [-0.15, -0.1) is 24.0 Å². The molecule has 0 amide bonds. The summed E-state index contributed by atoms with van der Waals surface area (Å²) in [6, 6.07) is 0. The molecule has 1 fully saturated rings. The highest BCUT2D eigenvalue weighted by Crippen LogP contribution is 2.18. The minimum absolute atomic E-state index is 0. The molecule has 0 radical (unpaired) electrons. The zero-order valence-electron chi connectivity index (χ0n) is 13.3. The Kier molecular flexibility index (Phi) is 11.4. The van der Waals surface area contributed by atoms with E-state index in [1.807, 2.05) is 13.0 Å². The number of nitrogens with zero attached hydrogens (tertiary/aromatic N) is 2. The zero-order valence-corrected chi connectivity index (χ0v) is 15.6. The van der Waals surface area contributed by atoms with Crippen LogP contribution in [0.25, 0.3) is 0 Å². The standard InChI is InChI=1S/C15H27N3O2.HI/c1-4-6-7-10-17-15(16-5-2)18-11-8-13(9-12-18)14(19)20-3;/h4,6,13H,5,7-12H2,1-3H3,(H,16,17);1H/b6-4+;. The van der Waals surface area contributed by atoms with E-state index in [0.29, 0.717) is 0 Å². The summed E-state index contributed by atoms with van der Waals surface area (Å²) in [5.74, 6) is 0.919. The molecule has 1 saturated heterocycles. The van der Waals surface area contributed by atoms with Crippen LogP contribution in [0.2, 0.25) is 0 Å². The fourth-order valence-corrected chi connectivity index (χ4v) is 2.33. The van der Waals surface area contributed by atoms with Gasteiger partial charge in [-0.2, -0.15) is 0 Å². The van der Waals surface area contributed by atoms with Crippen LogP contribution in [0.5, 0.6) is 0 Å². The van der Waals surface area contributed by atoms with Gasteiger partial charge in [-0.3, -0.25) is 9.79 Å². The molecule has 0 atom stereocenters. The second-order valence-corrected chi connectivity index (χ2v) is 4.88. The molecule has 1 rings (SSSR count). The molecule has 0 spiro atoms. The summed E-state index contributed by atoms with van der Waals surface area (Å²) < 4.78 is 4.81. The molecular weight excluding hydrogens is 381 g/mol. The SMILES string of the molecule is C/C=C/CCN=C(NCC)N1CCC(C(=O)OC)CC1.I. The molecule has 0 aromatic carbocycles. The number of methoxy groups -OCH3 is 1. The molecule has 1 N–H and O–H groups in total. The Labute approximate surface area is 145 Å². The highest BCUT2D eigenvalue weighted by atomic mass is 127. The molecule has 21 heavy (non-hydrogen) atoms. The minimum Gasteiger partial charge on any atom is -0.469 e. The summed E-state index contributed by atoms with van der Waals surface area (Å²) in [7, 11) is 1.46. The number of esters is 1. The van der Waals surface area contributed by atoms with Crippen molar-refractivity contribution < 1.29 is 9.53 Å². The van der Waals surface area contributed by atoms with E-state index in [1.54, 1.807) is 0 Å². The van der Waals surface area contributed by atoms with Crippen molar-refractivity contribution in [2.75, 3.05) is 33.3 Å². The Morgan fingerprint density at radius 2 is 2.10 bits per heavy atom. The van der Waals surface area contributed by atoms with Gasteiger partial charge in [0.1, 0.15) is 0 Å². The van der Waals surface area contributed by atoms with E-state index in [0.717, 1.165) is 51.4 Å². The highest BCUT2D eigenvalue weighted by Gasteiger charge is 2.26. The maximum atomic E-state index is 11.5. The van der Waals surface area contributed by atoms with Gasteiger partial charge in [0.15, 0.2) is 5.96 Å². The molecule has 0 aromatic rings. The summed E-state index contributed by atoms with van der Waals surface area (Å²) in [6.07, 6.45) is 6.81. The number of carbonyl (C=O) groups is 1. The summed E-state index contributed by atoms with van der Waals surface area (Å²) in [4.78, 5) is 18.4. The van der Waals surface area contributed by atoms with Crippen LogP contribution >= 0.6 is 24.0 Å². The third-order valence-electron chi connectivity index (χ3n) is 3.46. The molecule has 1 aliphatic heterocycles. The van der Waals surface area contributed by atoms with Crippen LogP contribution in [-0.2, 0) is 9.53 Å². The van der Waals surface area contributed by atoms with Crippen molar-refractivity contribution >= 4 is 35.9 Å². The van der Waals surface area contributed by atoms with E-state index < -0.39 is 0 Å². The monoisotopic (exact) mass is 409 g/mol. The van der Waals surface area contributed by atoms with E-state index >= 15 is 0 Å². The summed E-state index contributed by atoms with van der Waals surface area (Å²) >= 11 is 0. The van der Waals surface area contributed by atoms with Crippen molar-refractivity contribution in [3.63, 3.8) is 0 Å². The second kappa shape index (κ2) is 11.8. The number of carbonyl (C=O) groups excluding carboxylic acids is 1. The molecule has 5 nitrogen and oxygen atoms in total. The van der Waals surface area contributed by atoms with Crippen LogP contribution in [0.4, 0.5) is 0 Å². The van der Waals surface area contributed by atoms with Crippen LogP contribution in [0.1, 0.15) is 33.1 Å². The van der Waals surface area contributed by atoms with Crippen molar-refractivity contribution in [3.8, 4) is 0 Å². The van der Waals surface area contributed by atoms with Crippen LogP contribution in [0, 0.1) is 5.92 Å². The molecule has 0 saturated carbocycles. The predicted octanol–water partition coefficient (Wildman–Crippen LogP) is 2.42. The number of hydrogen-bond donors (Lipinski definition) is 1. The average Bonchev–Trinajstić information content (AvgIpc) is 2.50. The van der Waals surface area contributed by atoms with Gasteiger partial charge in [0.05, 0.1) is 13.0 Å². The maximum Gasteiger partial charge on any atom is 0.308 e. The molecule has 0 bridgehead atoms. The van der Waals surface area contributed by atoms with E-state index in [-0.39, 0.29) is 35.9 Å². The molecular formula is C15H28IN3O2. The maximum absolute atomic E-state index is 11.5. The van der Waals surface area contributed by atoms with E-state index in [4.69, 9.17) is 4.74 Å². The van der Waals surface area contributed by atoms with E-state index in [1.165, 1.54) is 7.11 Å². The lowest BCUT2D eigenvalue weighted by Crippen LogP contribution is -2.46. The topological polar surface area (TPSA) is 53.9 Å². The number of aliphatic imine (C=N–C) groups is 1. The predicted molar refractivity (Wildman–Crippen MR) is 97.1 cm³/mol. The van der Waals surface area contributed by atoms with Gasteiger partial charge in [0.25, 0.3) is 0 Å². The number of halogens is 1. The largest absolute Gasteiger partial charge is 0.469 e. The molecule has 1 aliphatic rings. The van der Waals surface area contributed by atoms with Crippen molar-refractivity contribution in [3.05, 3.63) is 12.2 Å². The highest BCUT2D eigenvalue weighted by molar-refractivity contribution is 14.0. The third-order valence-corrected chi connectivity index (χ3v) is 3.46. The number of hydrogen-bond acceptors (Lipinski definition) is 3. The van der Waals surface area contributed by atoms with Gasteiger partial charge in [-0.05, 0) is 33.1 Å². The number of nitrogens with one attached hydrogen (secondary N) is 1. The van der Waals surface area contributed by atoms with Gasteiger partial charge >= 0.3 is 5.97 Å². The number of guanidine groups is 1. The van der Waals surface area contributed by atoms with Gasteiger partial charge in [0, 0.05) is 26.2 Å². The number of ether oxygens (including phenoxy) is 1. The molecule has 6 heteroatoms. The smallest absolute Gasteiger partial charge is 0.308 e. The number of allylic oxidation sites excluding steroid dienone is 1. The second-order valence-electron chi connectivity index (χ2n) is 4.88. The average molecular weight is 409 g/mol. The van der Waals surface area contributed by atoms with E-state index in [9.17, 15) is 4.79 Å². The van der Waals surface area contributed by atoms with Crippen LogP contribution in [0.3, 0.4) is 0 Å². The van der Waals surface area contributed by atoms with E-state index in [2.05, 4.69) is 28.2 Å². The third kappa shape index (κ3) is 7.15. The fourth-order valence-electron chi connectivity index (χ4n) is 2.33. The Morgan fingerprint density at radius 3 is 2.62 bits per heavy atom. The first-order valence-electron chi connectivity index (χ1n) is 7.45. The summed E-state index contributed by atoms with van der Waals surface area (Å²) in [5, 5.41) is 3.32. The van der Waals surface area contributed by atoms with Crippen LogP contribution in [-0.4, -0.2) is 50.1 Å². The summed E-state index contributed by atoms with van der Waals surface area (Å²) in [5.41, 5.74) is 0. The van der Waals surface area contributed by atoms with Crippen molar-refractivity contribution in [2.24, 2.45) is 10.9 Å². The van der Waals surface area contributed by atoms with Gasteiger partial charge in [0.2, 0.25) is 0 Å². The number of rotatable bonds is 5. The van der Waals surface area contributed by atoms with Crippen molar-refractivity contribution in [1.82, 2.24) is 10.2 Å². The fraction of sp³-hybridized carbons (Fsp3) is 0.733. The van der Waals surface area contributed by atoms with Gasteiger partial charge in [-0.25, -0.2) is 0 Å². The summed E-state index contributed by atoms with van der Waals surface area (Å²) in [6.45, 7) is 7.46. The van der Waals surface area contributed by atoms with Crippen LogP contribution in [0.15, 0.2) is 17.1 Å². The molecule has 0 unspecified atom stereocenters. The Balaban J connectivity index is 0.00000400. The van der Waals surface area contributed by atoms with Gasteiger partial charge < -0.3 is 15.0 Å². The van der Waals surface area contributed by atoms with Crippen LogP contribution < -0.4 is 5.32 Å². The first kappa shape index (κ1) is 20.2. The number of likely N-dealkylation sites (tertiary alicyclic amines) is 1. The first-order chi connectivity index (χ1) is 9.72. The quantitative estimate of drug-likeness (QED) is 0.189. The lowest BCUT2D eigenvalue weighted by molar-refractivity contribution is -0.146. The minimum atomic E-state index is -0.0836. The van der Waals surface area contributed by atoms with Gasteiger partial charge in [-0.1, -0.05) is 12.2 Å². The molecule has 1 heterocycles. The normalized spacial score (nSPS) is 16.7. The zero-order chi connectivity index (χ0) is 14.8. The molecule has 0 aliphatic carbocycles. The molecule has 122 valence electrons.